The molecule has 0 spiro atoms. The van der Waals surface area contributed by atoms with Gasteiger partial charge in [0.2, 0.25) is 5.91 Å². The van der Waals surface area contributed by atoms with Crippen molar-refractivity contribution in [2.45, 2.75) is 57.4 Å². The second kappa shape index (κ2) is 10.1. The van der Waals surface area contributed by atoms with Crippen LogP contribution in [0, 0.1) is 5.92 Å². The molecule has 0 radical (unpaired) electrons. The number of methoxy groups -OCH3 is 1. The minimum atomic E-state index is -0.408. The number of nitrogens with zero attached hydrogens (tertiary/aromatic N) is 2. The Kier molecular flexibility index (Phi) is 7.20. The van der Waals surface area contributed by atoms with Crippen LogP contribution in [0.25, 0.3) is 0 Å². The molecule has 0 N–H and O–H groups in total. The van der Waals surface area contributed by atoms with Crippen LogP contribution in [0.15, 0.2) is 54.6 Å². The first-order chi connectivity index (χ1) is 15.5. The van der Waals surface area contributed by atoms with Crippen LogP contribution in [0.4, 0.5) is 0 Å². The van der Waals surface area contributed by atoms with Crippen molar-refractivity contribution in [1.29, 1.82) is 0 Å². The smallest absolute Gasteiger partial charge is 0.233 e. The molecule has 4 rings (SSSR count). The molecule has 32 heavy (non-hydrogen) atoms. The van der Waals surface area contributed by atoms with Gasteiger partial charge in [-0.1, -0.05) is 55.3 Å². The van der Waals surface area contributed by atoms with Gasteiger partial charge in [-0.25, -0.2) is 0 Å². The molecular weight excluding hydrogens is 396 g/mol. The van der Waals surface area contributed by atoms with E-state index in [1.54, 1.807) is 7.11 Å². The minimum Gasteiger partial charge on any atom is -0.497 e. The molecule has 4 nitrogen and oxygen atoms in total. The van der Waals surface area contributed by atoms with E-state index in [1.165, 1.54) is 24.0 Å². The van der Waals surface area contributed by atoms with Crippen molar-refractivity contribution in [3.63, 3.8) is 0 Å². The number of hydrogen-bond donors (Lipinski definition) is 0. The highest BCUT2D eigenvalue weighted by atomic mass is 16.5. The summed E-state index contributed by atoms with van der Waals surface area (Å²) in [5, 5.41) is 0. The number of ether oxygens (including phenoxy) is 1. The summed E-state index contributed by atoms with van der Waals surface area (Å²) in [6, 6.07) is 19.3. The molecule has 1 aliphatic heterocycles. The molecule has 2 atom stereocenters. The lowest BCUT2D eigenvalue weighted by atomic mass is 9.69. The van der Waals surface area contributed by atoms with Crippen molar-refractivity contribution in [3.05, 3.63) is 65.7 Å². The first-order valence-electron chi connectivity index (χ1n) is 12.2. The van der Waals surface area contributed by atoms with Gasteiger partial charge in [-0.15, -0.1) is 0 Å². The van der Waals surface area contributed by atoms with Gasteiger partial charge in [0.05, 0.1) is 12.5 Å². The van der Waals surface area contributed by atoms with Gasteiger partial charge in [0.25, 0.3) is 0 Å². The molecule has 4 heteroatoms. The Labute approximate surface area is 193 Å². The fourth-order valence-electron chi connectivity index (χ4n) is 5.75. The molecule has 0 bridgehead atoms. The van der Waals surface area contributed by atoms with Gasteiger partial charge in [0.15, 0.2) is 0 Å². The van der Waals surface area contributed by atoms with Gasteiger partial charge >= 0.3 is 0 Å². The largest absolute Gasteiger partial charge is 0.497 e. The Morgan fingerprint density at radius 3 is 2.22 bits per heavy atom. The third-order valence-electron chi connectivity index (χ3n) is 7.90. The van der Waals surface area contributed by atoms with Crippen LogP contribution in [0.2, 0.25) is 0 Å². The van der Waals surface area contributed by atoms with E-state index in [2.05, 4.69) is 60.0 Å². The maximum Gasteiger partial charge on any atom is 0.233 e. The molecule has 1 aliphatic carbocycles. The average Bonchev–Trinajstić information content (AvgIpc) is 3.40. The molecular formula is C28H38N2O2. The first kappa shape index (κ1) is 22.8. The number of carbonyl (C=O) groups is 1. The quantitative estimate of drug-likeness (QED) is 0.620. The van der Waals surface area contributed by atoms with Crippen molar-refractivity contribution in [2.24, 2.45) is 5.92 Å². The van der Waals surface area contributed by atoms with E-state index in [4.69, 9.17) is 4.74 Å². The van der Waals surface area contributed by atoms with Crippen molar-refractivity contribution in [3.8, 4) is 5.75 Å². The Bertz CT molecular complexity index is 868. The molecule has 2 aliphatic rings. The predicted octanol–water partition coefficient (Wildman–Crippen LogP) is 4.92. The summed E-state index contributed by atoms with van der Waals surface area (Å²) < 4.78 is 5.27. The number of hydrogen-bond acceptors (Lipinski definition) is 3. The van der Waals surface area contributed by atoms with Crippen molar-refractivity contribution < 1.29 is 9.53 Å². The Hall–Kier alpha value is -2.33. The predicted molar refractivity (Wildman–Crippen MR) is 130 cm³/mol. The number of benzene rings is 2. The zero-order chi connectivity index (χ0) is 22.6. The van der Waals surface area contributed by atoms with Gasteiger partial charge in [-0.3, -0.25) is 9.69 Å². The van der Waals surface area contributed by atoms with Crippen LogP contribution in [-0.2, 0) is 16.6 Å². The molecule has 1 saturated carbocycles. The molecule has 1 saturated heterocycles. The van der Waals surface area contributed by atoms with Crippen LogP contribution in [0.3, 0.4) is 0 Å². The number of carbonyl (C=O) groups excluding carboxylic acids is 1. The number of rotatable bonds is 7. The van der Waals surface area contributed by atoms with E-state index >= 15 is 0 Å². The van der Waals surface area contributed by atoms with Crippen LogP contribution in [0.5, 0.6) is 5.75 Å². The lowest BCUT2D eigenvalue weighted by molar-refractivity contribution is -0.141. The summed E-state index contributed by atoms with van der Waals surface area (Å²) in [5.41, 5.74) is 2.11. The zero-order valence-corrected chi connectivity index (χ0v) is 19.9. The second-order valence-corrected chi connectivity index (χ2v) is 9.78. The maximum absolute atomic E-state index is 13.9. The lowest BCUT2D eigenvalue weighted by Crippen LogP contribution is -2.57. The highest BCUT2D eigenvalue weighted by Crippen LogP contribution is 2.43. The Balaban J connectivity index is 1.40. The fourth-order valence-corrected chi connectivity index (χ4v) is 5.75. The third kappa shape index (κ3) is 4.71. The normalized spacial score (nSPS) is 20.7. The highest BCUT2D eigenvalue weighted by molar-refractivity contribution is 5.88. The monoisotopic (exact) mass is 434 g/mol. The fraction of sp³-hybridized carbons (Fsp3) is 0.536. The summed E-state index contributed by atoms with van der Waals surface area (Å²) >= 11 is 0. The van der Waals surface area contributed by atoms with Gasteiger partial charge in [-0.2, -0.15) is 0 Å². The SMILES string of the molecule is COc1ccc(CC(C)N2CCN(C(=O)C(C)(c3ccccc3)C3CCCC3)CC2)cc1. The van der Waals surface area contributed by atoms with Crippen molar-refractivity contribution >= 4 is 5.91 Å². The molecule has 1 heterocycles. The molecule has 2 aromatic carbocycles. The number of amides is 1. The standard InChI is InChI=1S/C28H38N2O2/c1-22(21-23-13-15-26(32-3)16-14-23)29-17-19-30(20-18-29)27(31)28(2,25-11-7-8-12-25)24-9-5-4-6-10-24/h4-6,9-10,13-16,22,25H,7-8,11-12,17-21H2,1-3H3. The average molecular weight is 435 g/mol. The maximum atomic E-state index is 13.9. The summed E-state index contributed by atoms with van der Waals surface area (Å²) in [6.07, 6.45) is 5.84. The third-order valence-corrected chi connectivity index (χ3v) is 7.90. The van der Waals surface area contributed by atoms with Gasteiger partial charge < -0.3 is 9.64 Å². The van der Waals surface area contributed by atoms with Gasteiger partial charge in [-0.05, 0) is 62.3 Å². The molecule has 2 fully saturated rings. The topological polar surface area (TPSA) is 32.8 Å². The molecule has 2 unspecified atom stereocenters. The second-order valence-electron chi connectivity index (χ2n) is 9.78. The summed E-state index contributed by atoms with van der Waals surface area (Å²) in [4.78, 5) is 18.6. The van der Waals surface area contributed by atoms with E-state index in [1.807, 2.05) is 18.2 Å². The van der Waals surface area contributed by atoms with Crippen LogP contribution in [0.1, 0.15) is 50.7 Å². The van der Waals surface area contributed by atoms with E-state index in [-0.39, 0.29) is 0 Å². The van der Waals surface area contributed by atoms with E-state index < -0.39 is 5.41 Å². The minimum absolute atomic E-state index is 0.332. The van der Waals surface area contributed by atoms with Crippen LogP contribution < -0.4 is 4.74 Å². The lowest BCUT2D eigenvalue weighted by Gasteiger charge is -2.44. The summed E-state index contributed by atoms with van der Waals surface area (Å²) in [6.45, 7) is 8.03. The zero-order valence-electron chi connectivity index (χ0n) is 19.9. The van der Waals surface area contributed by atoms with E-state index in [9.17, 15) is 4.79 Å². The molecule has 2 aromatic rings. The molecule has 172 valence electrons. The first-order valence-corrected chi connectivity index (χ1v) is 12.2. The van der Waals surface area contributed by atoms with Crippen molar-refractivity contribution in [2.75, 3.05) is 33.3 Å². The van der Waals surface area contributed by atoms with Gasteiger partial charge in [0, 0.05) is 32.2 Å². The van der Waals surface area contributed by atoms with Crippen LogP contribution >= 0.6 is 0 Å². The van der Waals surface area contributed by atoms with E-state index in [0.29, 0.717) is 17.9 Å². The van der Waals surface area contributed by atoms with E-state index in [0.717, 1.165) is 51.2 Å². The Morgan fingerprint density at radius 2 is 1.62 bits per heavy atom. The summed E-state index contributed by atoms with van der Waals surface area (Å²) in [5.74, 6) is 1.68. The molecule has 0 aromatic heterocycles. The van der Waals surface area contributed by atoms with Crippen LogP contribution in [-0.4, -0.2) is 55.0 Å². The van der Waals surface area contributed by atoms with Gasteiger partial charge in [0.1, 0.15) is 5.75 Å². The summed E-state index contributed by atoms with van der Waals surface area (Å²) in [7, 11) is 1.70. The molecule has 1 amide bonds. The Morgan fingerprint density at radius 1 is 1.00 bits per heavy atom. The van der Waals surface area contributed by atoms with Crippen molar-refractivity contribution in [1.82, 2.24) is 9.80 Å². The highest BCUT2D eigenvalue weighted by Gasteiger charge is 2.46. The number of piperazine rings is 1.